The number of allylic oxidation sites excluding steroid dienone is 19. The van der Waals surface area contributed by atoms with E-state index in [0.29, 0.717) is 25.7 Å². The molecule has 0 aromatic heterocycles. The smallest absolute Gasteiger partial charge is 0.306 e. The van der Waals surface area contributed by atoms with Crippen LogP contribution in [0.25, 0.3) is 0 Å². The van der Waals surface area contributed by atoms with Crippen molar-refractivity contribution in [3.05, 3.63) is 122 Å². The summed E-state index contributed by atoms with van der Waals surface area (Å²) in [4.78, 5) is 25.9. The van der Waals surface area contributed by atoms with Gasteiger partial charge in [0.05, 0.1) is 25.2 Å². The average Bonchev–Trinajstić information content (AvgIpc) is 3.18. The van der Waals surface area contributed by atoms with Crippen LogP contribution < -0.4 is 5.32 Å². The maximum absolute atomic E-state index is 13.1. The number of nitrogens with one attached hydrogen (secondary N) is 1. The Bertz CT molecular complexity index is 1220. The van der Waals surface area contributed by atoms with Gasteiger partial charge in [-0.1, -0.05) is 213 Å². The van der Waals surface area contributed by atoms with Crippen molar-refractivity contribution >= 4 is 11.9 Å². The number of amides is 1. The highest BCUT2D eigenvalue weighted by molar-refractivity contribution is 5.77. The summed E-state index contributed by atoms with van der Waals surface area (Å²) in [5.74, 6) is -0.676. The normalized spacial score (nSPS) is 14.6. The van der Waals surface area contributed by atoms with Gasteiger partial charge < -0.3 is 20.3 Å². The molecule has 3 unspecified atom stereocenters. The van der Waals surface area contributed by atoms with Gasteiger partial charge in [0.25, 0.3) is 0 Å². The molecule has 0 saturated carbocycles. The summed E-state index contributed by atoms with van der Waals surface area (Å²) in [5.41, 5.74) is 0. The van der Waals surface area contributed by atoms with E-state index in [1.807, 2.05) is 103 Å². The molecule has 0 saturated heterocycles. The van der Waals surface area contributed by atoms with E-state index in [1.54, 1.807) is 0 Å². The van der Waals surface area contributed by atoms with Gasteiger partial charge in [0, 0.05) is 12.8 Å². The topological polar surface area (TPSA) is 95.9 Å². The molecule has 6 nitrogen and oxygen atoms in total. The second-order valence-electron chi connectivity index (χ2n) is 13.9. The van der Waals surface area contributed by atoms with E-state index >= 15 is 0 Å². The first-order chi connectivity index (χ1) is 27.0. The van der Waals surface area contributed by atoms with Gasteiger partial charge in [0.15, 0.2) is 0 Å². The molecule has 6 heteroatoms. The van der Waals surface area contributed by atoms with E-state index < -0.39 is 18.2 Å². The maximum atomic E-state index is 13.1. The van der Waals surface area contributed by atoms with Crippen LogP contribution in [-0.2, 0) is 14.3 Å². The summed E-state index contributed by atoms with van der Waals surface area (Å²) < 4.78 is 5.78. The summed E-state index contributed by atoms with van der Waals surface area (Å²) in [7, 11) is 0. The quantitative estimate of drug-likeness (QED) is 0.0340. The van der Waals surface area contributed by atoms with Gasteiger partial charge in [-0.25, -0.2) is 0 Å². The summed E-state index contributed by atoms with van der Waals surface area (Å²) in [6, 6.07) is -0.754. The number of hydrogen-bond donors (Lipinski definition) is 3. The minimum Gasteiger partial charge on any atom is -0.461 e. The monoisotopic (exact) mass is 760 g/mol. The predicted octanol–water partition coefficient (Wildman–Crippen LogP) is 12.2. The Hall–Kier alpha value is -3.74. The van der Waals surface area contributed by atoms with Crippen molar-refractivity contribution in [2.75, 3.05) is 6.61 Å². The molecule has 0 aromatic carbocycles. The molecule has 0 rings (SSSR count). The largest absolute Gasteiger partial charge is 0.461 e. The van der Waals surface area contributed by atoms with Crippen molar-refractivity contribution in [3.63, 3.8) is 0 Å². The van der Waals surface area contributed by atoms with Crippen molar-refractivity contribution in [2.24, 2.45) is 0 Å². The van der Waals surface area contributed by atoms with Crippen LogP contribution in [0.1, 0.15) is 149 Å². The molecule has 0 aliphatic heterocycles. The number of esters is 1. The number of rotatable bonds is 35. The number of carbonyl (C=O) groups is 2. The number of aliphatic hydroxyl groups excluding tert-OH is 2. The van der Waals surface area contributed by atoms with Gasteiger partial charge in [-0.3, -0.25) is 9.59 Å². The van der Waals surface area contributed by atoms with E-state index in [2.05, 4.69) is 44.3 Å². The maximum Gasteiger partial charge on any atom is 0.306 e. The van der Waals surface area contributed by atoms with Crippen molar-refractivity contribution in [2.45, 2.75) is 167 Å². The molecule has 0 spiro atoms. The van der Waals surface area contributed by atoms with E-state index in [4.69, 9.17) is 4.74 Å². The second-order valence-corrected chi connectivity index (χ2v) is 13.9. The van der Waals surface area contributed by atoms with Crippen LogP contribution >= 0.6 is 0 Å². The Balaban J connectivity index is 4.87. The zero-order chi connectivity index (χ0) is 40.3. The van der Waals surface area contributed by atoms with E-state index in [1.165, 1.54) is 44.9 Å². The van der Waals surface area contributed by atoms with Crippen LogP contribution in [0.3, 0.4) is 0 Å². The molecule has 0 aliphatic carbocycles. The lowest BCUT2D eigenvalue weighted by Gasteiger charge is -2.24. The lowest BCUT2D eigenvalue weighted by molar-refractivity contribution is -0.150. The summed E-state index contributed by atoms with van der Waals surface area (Å²) in [6.45, 7) is 6.09. The van der Waals surface area contributed by atoms with E-state index in [-0.39, 0.29) is 24.9 Å². The SMILES string of the molecule is CC/C=C/C=C/C=C\C=C/C=C/CCCCCC(=O)OC(C/C=C/C=C\C=C/C=C/C=C/CC)CC(=O)NC(CO)C(O)CCCCCCCCCCCC. The van der Waals surface area contributed by atoms with Gasteiger partial charge in [-0.05, 0) is 38.5 Å². The predicted molar refractivity (Wildman–Crippen MR) is 236 cm³/mol. The molecule has 308 valence electrons. The van der Waals surface area contributed by atoms with Crippen LogP contribution in [0, 0.1) is 0 Å². The van der Waals surface area contributed by atoms with Crippen LogP contribution in [0.15, 0.2) is 122 Å². The van der Waals surface area contributed by atoms with E-state index in [9.17, 15) is 19.8 Å². The lowest BCUT2D eigenvalue weighted by Crippen LogP contribution is -2.46. The molecule has 1 amide bonds. The van der Waals surface area contributed by atoms with Crippen LogP contribution in [0.2, 0.25) is 0 Å². The van der Waals surface area contributed by atoms with Crippen molar-refractivity contribution in [1.82, 2.24) is 5.32 Å². The molecular weight excluding hydrogens is 683 g/mol. The summed E-state index contributed by atoms with van der Waals surface area (Å²) in [6.07, 6.45) is 57.1. The zero-order valence-corrected chi connectivity index (χ0v) is 34.7. The Morgan fingerprint density at radius 2 is 1.02 bits per heavy atom. The first-order valence-electron chi connectivity index (χ1n) is 21.4. The van der Waals surface area contributed by atoms with Gasteiger partial charge in [-0.15, -0.1) is 0 Å². The van der Waals surface area contributed by atoms with Gasteiger partial charge >= 0.3 is 5.97 Å². The van der Waals surface area contributed by atoms with Gasteiger partial charge in [0.2, 0.25) is 5.91 Å². The number of hydrogen-bond acceptors (Lipinski definition) is 5. The molecule has 0 aliphatic rings. The fourth-order valence-electron chi connectivity index (χ4n) is 5.59. The first kappa shape index (κ1) is 51.3. The van der Waals surface area contributed by atoms with Crippen molar-refractivity contribution in [1.29, 1.82) is 0 Å². The Morgan fingerprint density at radius 1 is 0.564 bits per heavy atom. The molecule has 0 radical (unpaired) electrons. The number of carbonyl (C=O) groups excluding carboxylic acids is 2. The first-order valence-corrected chi connectivity index (χ1v) is 21.4. The Kier molecular flexibility index (Phi) is 38.6. The van der Waals surface area contributed by atoms with Crippen LogP contribution in [-0.4, -0.2) is 46.9 Å². The molecule has 3 atom stereocenters. The highest BCUT2D eigenvalue weighted by Crippen LogP contribution is 2.14. The molecular formula is C49H77NO5. The summed E-state index contributed by atoms with van der Waals surface area (Å²) >= 11 is 0. The molecule has 0 aromatic rings. The third kappa shape index (κ3) is 37.0. The molecule has 3 N–H and O–H groups in total. The minimum atomic E-state index is -0.831. The van der Waals surface area contributed by atoms with Crippen molar-refractivity contribution < 1.29 is 24.5 Å². The number of unbranched alkanes of at least 4 members (excludes halogenated alkanes) is 12. The average molecular weight is 760 g/mol. The van der Waals surface area contributed by atoms with E-state index in [0.717, 1.165) is 51.4 Å². The molecule has 0 fully saturated rings. The fraction of sp³-hybridized carbons (Fsp3) is 0.551. The molecule has 0 bridgehead atoms. The van der Waals surface area contributed by atoms with Crippen molar-refractivity contribution in [3.8, 4) is 0 Å². The zero-order valence-electron chi connectivity index (χ0n) is 34.7. The molecule has 55 heavy (non-hydrogen) atoms. The highest BCUT2D eigenvalue weighted by Gasteiger charge is 2.23. The Labute approximate surface area is 336 Å². The number of ether oxygens (including phenoxy) is 1. The van der Waals surface area contributed by atoms with Crippen LogP contribution in [0.5, 0.6) is 0 Å². The van der Waals surface area contributed by atoms with Crippen LogP contribution in [0.4, 0.5) is 0 Å². The van der Waals surface area contributed by atoms with Gasteiger partial charge in [0.1, 0.15) is 6.10 Å². The standard InChI is InChI=1S/C49H77NO5/c1-4-7-10-13-16-19-22-23-24-25-27-30-33-36-39-42-49(54)55-45(40-37-34-31-28-26-20-17-14-11-8-5-2)43-48(53)50-46(44-51)47(52)41-38-35-32-29-21-18-15-12-9-6-3/h7-8,10-11,13-14,16-17,19-20,22-28,31,34,37,45-47,51-52H,4-6,9,12,15,18,21,29-30,32-33,35-36,38-44H2,1-3H3,(H,50,53)/b10-7+,11-8+,16-13+,17-14+,22-19-,24-23-,26-20-,27-25+,31-28-,37-34+. The third-order valence-corrected chi connectivity index (χ3v) is 8.79. The minimum absolute atomic E-state index is 0.0447. The lowest BCUT2D eigenvalue weighted by atomic mass is 10.0. The summed E-state index contributed by atoms with van der Waals surface area (Å²) in [5, 5.41) is 23.5. The molecule has 0 heterocycles. The second kappa shape index (κ2) is 41.4. The Morgan fingerprint density at radius 3 is 1.53 bits per heavy atom. The number of aliphatic hydroxyl groups is 2. The highest BCUT2D eigenvalue weighted by atomic mass is 16.5. The third-order valence-electron chi connectivity index (χ3n) is 8.79. The van der Waals surface area contributed by atoms with Gasteiger partial charge in [-0.2, -0.15) is 0 Å². The fourth-order valence-corrected chi connectivity index (χ4v) is 5.59.